The van der Waals surface area contributed by atoms with Crippen LogP contribution in [-0.4, -0.2) is 18.8 Å². The van der Waals surface area contributed by atoms with Crippen LogP contribution in [-0.2, 0) is 0 Å². The van der Waals surface area contributed by atoms with E-state index in [4.69, 9.17) is 4.74 Å². The fourth-order valence-corrected chi connectivity index (χ4v) is 2.91. The van der Waals surface area contributed by atoms with Crippen LogP contribution < -0.4 is 10.1 Å². The van der Waals surface area contributed by atoms with E-state index in [1.165, 1.54) is 11.1 Å². The van der Waals surface area contributed by atoms with Gasteiger partial charge in [-0.2, -0.15) is 0 Å². The minimum Gasteiger partial charge on any atom is -0.496 e. The van der Waals surface area contributed by atoms with Gasteiger partial charge >= 0.3 is 0 Å². The molecule has 0 spiro atoms. The second kappa shape index (κ2) is 8.70. The lowest BCUT2D eigenvalue weighted by atomic mass is 9.98. The maximum Gasteiger partial charge on any atom is 0.123 e. The monoisotopic (exact) mass is 313 g/mol. The third-order valence-electron chi connectivity index (χ3n) is 4.16. The van der Waals surface area contributed by atoms with Crippen LogP contribution in [0.4, 0.5) is 0 Å². The summed E-state index contributed by atoms with van der Waals surface area (Å²) in [5.74, 6) is 0.907. The molecule has 3 heteroatoms. The highest BCUT2D eigenvalue weighted by Gasteiger charge is 2.17. The van der Waals surface area contributed by atoms with Crippen molar-refractivity contribution in [3.05, 3.63) is 65.2 Å². The fourth-order valence-electron chi connectivity index (χ4n) is 2.91. The molecule has 0 aliphatic heterocycles. The Morgan fingerprint density at radius 1 is 1.13 bits per heavy atom. The van der Waals surface area contributed by atoms with E-state index in [2.05, 4.69) is 55.6 Å². The van der Waals surface area contributed by atoms with Gasteiger partial charge < -0.3 is 15.2 Å². The Labute approximate surface area is 139 Å². The number of ether oxygens (including phenoxy) is 1. The number of aryl methyl sites for hydroxylation is 1. The van der Waals surface area contributed by atoms with Crippen molar-refractivity contribution in [1.82, 2.24) is 5.32 Å². The van der Waals surface area contributed by atoms with Crippen LogP contribution in [0.3, 0.4) is 0 Å². The highest BCUT2D eigenvalue weighted by atomic mass is 16.5. The van der Waals surface area contributed by atoms with Crippen molar-refractivity contribution in [2.45, 2.75) is 38.8 Å². The molecule has 0 heterocycles. The summed E-state index contributed by atoms with van der Waals surface area (Å²) in [6, 6.07) is 17.0. The van der Waals surface area contributed by atoms with E-state index in [1.54, 1.807) is 7.11 Å². The van der Waals surface area contributed by atoms with Crippen LogP contribution in [0.5, 0.6) is 5.75 Å². The van der Waals surface area contributed by atoms with E-state index in [0.717, 1.165) is 24.2 Å². The first-order chi connectivity index (χ1) is 11.2. The summed E-state index contributed by atoms with van der Waals surface area (Å²) in [6.07, 6.45) is 1.68. The molecule has 0 radical (unpaired) electrons. The second-order valence-electron chi connectivity index (χ2n) is 5.96. The standard InChI is InChI=1S/C20H27NO2/c1-15-11-12-20(23-3)18(14-15)16(2)21-19(10-7-13-22)17-8-5-4-6-9-17/h4-6,8-9,11-12,14,16,19,21-22H,7,10,13H2,1-3H3. The van der Waals surface area contributed by atoms with Gasteiger partial charge in [-0.15, -0.1) is 0 Å². The van der Waals surface area contributed by atoms with Gasteiger partial charge in [-0.05, 0) is 38.3 Å². The number of hydrogen-bond acceptors (Lipinski definition) is 3. The number of aliphatic hydroxyl groups excluding tert-OH is 1. The summed E-state index contributed by atoms with van der Waals surface area (Å²) in [5.41, 5.74) is 3.64. The molecule has 0 amide bonds. The Morgan fingerprint density at radius 3 is 2.52 bits per heavy atom. The first kappa shape index (κ1) is 17.5. The van der Waals surface area contributed by atoms with Gasteiger partial charge in [0, 0.05) is 24.3 Å². The Bertz CT molecular complexity index is 598. The van der Waals surface area contributed by atoms with Gasteiger partial charge in [0.25, 0.3) is 0 Å². The molecule has 2 rings (SSSR count). The van der Waals surface area contributed by atoms with Gasteiger partial charge in [-0.1, -0.05) is 48.0 Å². The number of aliphatic hydroxyl groups is 1. The van der Waals surface area contributed by atoms with E-state index in [-0.39, 0.29) is 18.7 Å². The molecule has 0 aromatic heterocycles. The van der Waals surface area contributed by atoms with Crippen LogP contribution in [0, 0.1) is 6.92 Å². The molecule has 0 saturated heterocycles. The molecule has 0 fully saturated rings. The van der Waals surface area contributed by atoms with Crippen LogP contribution in [0.25, 0.3) is 0 Å². The second-order valence-corrected chi connectivity index (χ2v) is 5.96. The predicted octanol–water partition coefficient (Wildman–Crippen LogP) is 4.17. The van der Waals surface area contributed by atoms with Gasteiger partial charge in [0.05, 0.1) is 7.11 Å². The highest BCUT2D eigenvalue weighted by molar-refractivity contribution is 5.39. The van der Waals surface area contributed by atoms with E-state index in [0.29, 0.717) is 0 Å². The largest absolute Gasteiger partial charge is 0.496 e. The van der Waals surface area contributed by atoms with Crippen molar-refractivity contribution in [3.8, 4) is 5.75 Å². The maximum absolute atomic E-state index is 9.18. The molecule has 124 valence electrons. The quantitative estimate of drug-likeness (QED) is 0.768. The number of hydrogen-bond donors (Lipinski definition) is 2. The van der Waals surface area contributed by atoms with Crippen molar-refractivity contribution < 1.29 is 9.84 Å². The van der Waals surface area contributed by atoms with Crippen LogP contribution >= 0.6 is 0 Å². The molecule has 2 unspecified atom stereocenters. The molecular formula is C20H27NO2. The fraction of sp³-hybridized carbons (Fsp3) is 0.400. The van der Waals surface area contributed by atoms with Crippen molar-refractivity contribution in [3.63, 3.8) is 0 Å². The van der Waals surface area contributed by atoms with Crippen LogP contribution in [0.1, 0.15) is 48.5 Å². The Balaban J connectivity index is 2.20. The minimum absolute atomic E-state index is 0.161. The van der Waals surface area contributed by atoms with Gasteiger partial charge in [0.15, 0.2) is 0 Å². The smallest absolute Gasteiger partial charge is 0.123 e. The topological polar surface area (TPSA) is 41.5 Å². The number of methoxy groups -OCH3 is 1. The summed E-state index contributed by atoms with van der Waals surface area (Å²) in [5, 5.41) is 12.9. The summed E-state index contributed by atoms with van der Waals surface area (Å²) >= 11 is 0. The lowest BCUT2D eigenvalue weighted by molar-refractivity contribution is 0.272. The van der Waals surface area contributed by atoms with Crippen LogP contribution in [0.15, 0.2) is 48.5 Å². The molecule has 0 saturated carbocycles. The maximum atomic E-state index is 9.18. The van der Waals surface area contributed by atoms with Gasteiger partial charge in [0.2, 0.25) is 0 Å². The Morgan fingerprint density at radius 2 is 1.87 bits per heavy atom. The molecule has 2 atom stereocenters. The number of nitrogens with one attached hydrogen (secondary N) is 1. The molecule has 2 aromatic rings. The van der Waals surface area contributed by atoms with Crippen molar-refractivity contribution in [1.29, 1.82) is 0 Å². The van der Waals surface area contributed by atoms with Crippen molar-refractivity contribution in [2.24, 2.45) is 0 Å². The number of benzene rings is 2. The third kappa shape index (κ3) is 4.81. The molecule has 0 aliphatic rings. The zero-order valence-electron chi connectivity index (χ0n) is 14.3. The Hall–Kier alpha value is -1.84. The van der Waals surface area contributed by atoms with Gasteiger partial charge in [-0.25, -0.2) is 0 Å². The first-order valence-corrected chi connectivity index (χ1v) is 8.22. The lowest BCUT2D eigenvalue weighted by Crippen LogP contribution is -2.25. The normalized spacial score (nSPS) is 13.6. The van der Waals surface area contributed by atoms with Crippen molar-refractivity contribution in [2.75, 3.05) is 13.7 Å². The summed E-state index contributed by atoms with van der Waals surface area (Å²) in [4.78, 5) is 0. The third-order valence-corrected chi connectivity index (χ3v) is 4.16. The zero-order valence-corrected chi connectivity index (χ0v) is 14.3. The molecule has 2 aromatic carbocycles. The molecule has 0 aliphatic carbocycles. The van der Waals surface area contributed by atoms with Crippen molar-refractivity contribution >= 4 is 0 Å². The minimum atomic E-state index is 0.161. The van der Waals surface area contributed by atoms with Gasteiger partial charge in [0.1, 0.15) is 5.75 Å². The summed E-state index contributed by atoms with van der Waals surface area (Å²) in [7, 11) is 1.71. The highest BCUT2D eigenvalue weighted by Crippen LogP contribution is 2.29. The average Bonchev–Trinajstić information content (AvgIpc) is 2.59. The SMILES string of the molecule is COc1ccc(C)cc1C(C)NC(CCCO)c1ccccc1. The van der Waals surface area contributed by atoms with Crippen LogP contribution in [0.2, 0.25) is 0 Å². The molecular weight excluding hydrogens is 286 g/mol. The molecule has 2 N–H and O–H groups in total. The number of rotatable bonds is 8. The summed E-state index contributed by atoms with van der Waals surface area (Å²) < 4.78 is 5.51. The van der Waals surface area contributed by atoms with E-state index >= 15 is 0 Å². The summed E-state index contributed by atoms with van der Waals surface area (Å²) in [6.45, 7) is 4.47. The van der Waals surface area contributed by atoms with E-state index in [1.807, 2.05) is 12.1 Å². The predicted molar refractivity (Wildman–Crippen MR) is 94.8 cm³/mol. The zero-order chi connectivity index (χ0) is 16.7. The molecule has 3 nitrogen and oxygen atoms in total. The molecule has 23 heavy (non-hydrogen) atoms. The lowest BCUT2D eigenvalue weighted by Gasteiger charge is -2.25. The average molecular weight is 313 g/mol. The van der Waals surface area contributed by atoms with E-state index < -0.39 is 0 Å². The van der Waals surface area contributed by atoms with E-state index in [9.17, 15) is 5.11 Å². The Kier molecular flexibility index (Phi) is 6.63. The van der Waals surface area contributed by atoms with Gasteiger partial charge in [-0.3, -0.25) is 0 Å². The first-order valence-electron chi connectivity index (χ1n) is 8.22. The molecule has 0 bridgehead atoms.